The normalized spacial score (nSPS) is 28.2. The highest BCUT2D eigenvalue weighted by Gasteiger charge is 2.48. The average Bonchev–Trinajstić information content (AvgIpc) is 3.17. The van der Waals surface area contributed by atoms with Gasteiger partial charge in [-0.25, -0.2) is 0 Å². The van der Waals surface area contributed by atoms with Gasteiger partial charge in [-0.05, 0) is 37.8 Å². The summed E-state index contributed by atoms with van der Waals surface area (Å²) >= 11 is 0. The molecular formula is C23H31NO3. The third kappa shape index (κ3) is 4.21. The molecule has 4 N–H and O–H groups in total. The maximum absolute atomic E-state index is 10.6. The Morgan fingerprint density at radius 2 is 2.22 bits per heavy atom. The topological polar surface area (TPSA) is 75.7 Å². The van der Waals surface area contributed by atoms with Gasteiger partial charge in [-0.1, -0.05) is 37.3 Å². The molecular weight excluding hydrogens is 338 g/mol. The molecule has 0 unspecified atom stereocenters. The van der Waals surface area contributed by atoms with Gasteiger partial charge in [-0.3, -0.25) is 0 Å². The predicted molar refractivity (Wildman–Crippen MR) is 107 cm³/mol. The first-order valence-corrected chi connectivity index (χ1v) is 9.99. The van der Waals surface area contributed by atoms with Crippen LogP contribution in [0.25, 0.3) is 0 Å². The fourth-order valence-electron chi connectivity index (χ4n) is 4.27. The number of rotatable bonds is 7. The van der Waals surface area contributed by atoms with Crippen LogP contribution >= 0.6 is 0 Å². The molecule has 0 spiro atoms. The molecule has 1 heterocycles. The molecule has 27 heavy (non-hydrogen) atoms. The smallest absolute Gasteiger partial charge is 0.126 e. The maximum atomic E-state index is 10.6. The minimum absolute atomic E-state index is 0.00389. The van der Waals surface area contributed by atoms with Gasteiger partial charge in [0.15, 0.2) is 0 Å². The van der Waals surface area contributed by atoms with E-state index in [4.69, 9.17) is 10.5 Å². The number of hydrogen-bond acceptors (Lipinski definition) is 4. The zero-order chi connectivity index (χ0) is 19.4. The molecule has 0 bridgehead atoms. The molecule has 4 heteroatoms. The molecule has 0 aromatic heterocycles. The second kappa shape index (κ2) is 8.93. The molecule has 1 aliphatic heterocycles. The van der Waals surface area contributed by atoms with Crippen molar-refractivity contribution >= 4 is 0 Å². The molecule has 1 aliphatic carbocycles. The van der Waals surface area contributed by atoms with Crippen LogP contribution in [0.1, 0.15) is 50.2 Å². The summed E-state index contributed by atoms with van der Waals surface area (Å²) in [5.74, 6) is 7.04. The van der Waals surface area contributed by atoms with Gasteiger partial charge < -0.3 is 20.7 Å². The van der Waals surface area contributed by atoms with E-state index < -0.39 is 12.2 Å². The van der Waals surface area contributed by atoms with Gasteiger partial charge in [-0.15, -0.1) is 11.8 Å². The Balaban J connectivity index is 1.77. The second-order valence-corrected chi connectivity index (χ2v) is 7.77. The highest BCUT2D eigenvalue weighted by atomic mass is 16.5. The number of aryl methyl sites for hydroxylation is 1. The molecule has 0 radical (unpaired) electrons. The van der Waals surface area contributed by atoms with Crippen molar-refractivity contribution in [3.05, 3.63) is 41.5 Å². The van der Waals surface area contributed by atoms with Crippen molar-refractivity contribution in [3.63, 3.8) is 0 Å². The average molecular weight is 370 g/mol. The summed E-state index contributed by atoms with van der Waals surface area (Å²) in [4.78, 5) is 0. The van der Waals surface area contributed by atoms with Crippen LogP contribution in [0, 0.1) is 23.7 Å². The number of benzene rings is 1. The summed E-state index contributed by atoms with van der Waals surface area (Å²) in [5.41, 5.74) is 8.05. The van der Waals surface area contributed by atoms with Crippen LogP contribution in [0.3, 0.4) is 0 Å². The lowest BCUT2D eigenvalue weighted by molar-refractivity contribution is 0.134. The first-order valence-electron chi connectivity index (χ1n) is 9.99. The molecule has 0 amide bonds. The molecule has 1 aromatic carbocycles. The van der Waals surface area contributed by atoms with Crippen LogP contribution in [-0.2, 0) is 6.42 Å². The summed E-state index contributed by atoms with van der Waals surface area (Å²) in [6.07, 6.45) is 5.95. The Kier molecular flexibility index (Phi) is 6.59. The number of hydrogen-bond donors (Lipinski definition) is 3. The quantitative estimate of drug-likeness (QED) is 0.510. The zero-order valence-electron chi connectivity index (χ0n) is 16.3. The van der Waals surface area contributed by atoms with Gasteiger partial charge >= 0.3 is 0 Å². The first-order chi connectivity index (χ1) is 13.1. The van der Waals surface area contributed by atoms with Crippen molar-refractivity contribution in [1.29, 1.82) is 0 Å². The molecule has 6 atom stereocenters. The molecule has 1 fully saturated rings. The standard InChI is InChI=1S/C23H31NO3/c1-3-4-7-15(2)19(25)12-11-17-20(26)14-21-22(17)18-10-5-8-16(9-6-13-24)23(18)27-21/h5,8,10-12,15,17,19-22,25-26H,6-7,9,13-14,24H2,1-2H3/b12-11+/t15-,17+,19+,20-,21+,22+/m1/s1. The molecule has 1 saturated carbocycles. The number of nitrogens with two attached hydrogens (primary N) is 1. The Morgan fingerprint density at radius 1 is 1.41 bits per heavy atom. The molecule has 4 nitrogen and oxygen atoms in total. The minimum atomic E-state index is -0.560. The number of fused-ring (bicyclic) bond motifs is 3. The Hall–Kier alpha value is -1.80. The summed E-state index contributed by atoms with van der Waals surface area (Å²) in [5, 5.41) is 21.0. The molecule has 3 rings (SSSR count). The van der Waals surface area contributed by atoms with E-state index in [1.165, 1.54) is 11.1 Å². The first kappa shape index (κ1) is 19.9. The number of aliphatic hydroxyl groups excluding tert-OH is 2. The van der Waals surface area contributed by atoms with E-state index in [9.17, 15) is 10.2 Å². The van der Waals surface area contributed by atoms with Crippen molar-refractivity contribution in [3.8, 4) is 17.6 Å². The van der Waals surface area contributed by atoms with Crippen LogP contribution in [0.5, 0.6) is 5.75 Å². The van der Waals surface area contributed by atoms with E-state index in [0.29, 0.717) is 19.4 Å². The van der Waals surface area contributed by atoms with Crippen LogP contribution < -0.4 is 10.5 Å². The third-order valence-corrected chi connectivity index (χ3v) is 5.85. The van der Waals surface area contributed by atoms with Crippen molar-refractivity contribution in [2.24, 2.45) is 17.6 Å². The van der Waals surface area contributed by atoms with Crippen LogP contribution in [-0.4, -0.2) is 35.1 Å². The lowest BCUT2D eigenvalue weighted by Crippen LogP contribution is -2.19. The van der Waals surface area contributed by atoms with Crippen molar-refractivity contribution in [2.75, 3.05) is 6.54 Å². The van der Waals surface area contributed by atoms with Crippen molar-refractivity contribution < 1.29 is 14.9 Å². The molecule has 0 saturated heterocycles. The monoisotopic (exact) mass is 369 g/mol. The van der Waals surface area contributed by atoms with E-state index in [0.717, 1.165) is 18.6 Å². The second-order valence-electron chi connectivity index (χ2n) is 7.77. The fraction of sp³-hybridized carbons (Fsp3) is 0.565. The summed E-state index contributed by atoms with van der Waals surface area (Å²) in [6, 6.07) is 6.29. The Morgan fingerprint density at radius 3 is 2.96 bits per heavy atom. The summed E-state index contributed by atoms with van der Waals surface area (Å²) < 4.78 is 6.25. The summed E-state index contributed by atoms with van der Waals surface area (Å²) in [7, 11) is 0. The van der Waals surface area contributed by atoms with E-state index in [2.05, 4.69) is 30.0 Å². The lowest BCUT2D eigenvalue weighted by atomic mass is 9.86. The van der Waals surface area contributed by atoms with Crippen LogP contribution in [0.4, 0.5) is 0 Å². The molecule has 2 aliphatic rings. The van der Waals surface area contributed by atoms with Gasteiger partial charge in [0.05, 0.1) is 12.2 Å². The van der Waals surface area contributed by atoms with Crippen LogP contribution in [0.2, 0.25) is 0 Å². The van der Waals surface area contributed by atoms with E-state index in [-0.39, 0.29) is 23.9 Å². The zero-order valence-corrected chi connectivity index (χ0v) is 16.3. The number of para-hydroxylation sites is 1. The molecule has 1 aromatic rings. The van der Waals surface area contributed by atoms with Gasteiger partial charge in [-0.2, -0.15) is 0 Å². The lowest BCUT2D eigenvalue weighted by Gasteiger charge is -2.19. The third-order valence-electron chi connectivity index (χ3n) is 5.85. The predicted octanol–water partition coefficient (Wildman–Crippen LogP) is 2.77. The fourth-order valence-corrected chi connectivity index (χ4v) is 4.27. The minimum Gasteiger partial charge on any atom is -0.489 e. The maximum Gasteiger partial charge on any atom is 0.126 e. The van der Waals surface area contributed by atoms with Gasteiger partial charge in [0, 0.05) is 30.2 Å². The van der Waals surface area contributed by atoms with E-state index in [1.54, 1.807) is 0 Å². The Labute approximate surface area is 162 Å². The highest BCUT2D eigenvalue weighted by molar-refractivity contribution is 5.49. The SMILES string of the molecule is CC#CC[C@@H](C)[C@@H](O)/C=C/[C@@H]1[C@H]2c3cccc(CCCN)c3O[C@H]2C[C@H]1O. The highest BCUT2D eigenvalue weighted by Crippen LogP contribution is 2.52. The Bertz CT molecular complexity index is 733. The van der Waals surface area contributed by atoms with E-state index in [1.807, 2.05) is 26.0 Å². The summed E-state index contributed by atoms with van der Waals surface area (Å²) in [6.45, 7) is 4.47. The number of aliphatic hydroxyl groups is 2. The molecule has 146 valence electrons. The van der Waals surface area contributed by atoms with Gasteiger partial charge in [0.2, 0.25) is 0 Å². The van der Waals surface area contributed by atoms with Crippen molar-refractivity contribution in [1.82, 2.24) is 0 Å². The van der Waals surface area contributed by atoms with Gasteiger partial charge in [0.25, 0.3) is 0 Å². The largest absolute Gasteiger partial charge is 0.489 e. The number of ether oxygens (including phenoxy) is 1. The van der Waals surface area contributed by atoms with Gasteiger partial charge in [0.1, 0.15) is 11.9 Å². The van der Waals surface area contributed by atoms with E-state index >= 15 is 0 Å². The van der Waals surface area contributed by atoms with Crippen molar-refractivity contribution in [2.45, 2.75) is 63.8 Å². The van der Waals surface area contributed by atoms with Crippen LogP contribution in [0.15, 0.2) is 30.4 Å².